The Morgan fingerprint density at radius 3 is 2.58 bits per heavy atom. The zero-order valence-electron chi connectivity index (χ0n) is 12.5. The van der Waals surface area contributed by atoms with Crippen molar-refractivity contribution in [2.75, 3.05) is 39.6 Å². The van der Waals surface area contributed by atoms with Gasteiger partial charge in [0.05, 0.1) is 12.2 Å². The van der Waals surface area contributed by atoms with E-state index in [1.54, 1.807) is 0 Å². The Bertz CT molecular complexity index is 242. The fourth-order valence-corrected chi connectivity index (χ4v) is 3.45. The molecule has 0 aliphatic carbocycles. The van der Waals surface area contributed by atoms with Crippen molar-refractivity contribution in [3.8, 4) is 0 Å². The Hall–Kier alpha value is -0.160. The zero-order chi connectivity index (χ0) is 13.6. The van der Waals surface area contributed by atoms with E-state index in [-0.39, 0.29) is 5.60 Å². The van der Waals surface area contributed by atoms with Crippen LogP contribution in [0.4, 0.5) is 0 Å². The van der Waals surface area contributed by atoms with Crippen LogP contribution < -0.4 is 5.32 Å². The second-order valence-corrected chi connectivity index (χ2v) is 5.67. The Morgan fingerprint density at radius 1 is 1.21 bits per heavy atom. The number of rotatable bonds is 7. The van der Waals surface area contributed by atoms with Gasteiger partial charge in [0.2, 0.25) is 0 Å². The van der Waals surface area contributed by atoms with Gasteiger partial charge in [-0.15, -0.1) is 0 Å². The highest BCUT2D eigenvalue weighted by Gasteiger charge is 2.45. The van der Waals surface area contributed by atoms with Gasteiger partial charge in [0.1, 0.15) is 0 Å². The molecule has 4 heteroatoms. The summed E-state index contributed by atoms with van der Waals surface area (Å²) in [6, 6.07) is 0.402. The quantitative estimate of drug-likeness (QED) is 0.768. The van der Waals surface area contributed by atoms with E-state index in [9.17, 15) is 0 Å². The van der Waals surface area contributed by atoms with Gasteiger partial charge in [-0.1, -0.05) is 6.92 Å². The van der Waals surface area contributed by atoms with Crippen molar-refractivity contribution in [2.24, 2.45) is 5.92 Å². The summed E-state index contributed by atoms with van der Waals surface area (Å²) in [4.78, 5) is 0. The fraction of sp³-hybridized carbons (Fsp3) is 1.00. The summed E-state index contributed by atoms with van der Waals surface area (Å²) < 4.78 is 17.4. The molecule has 1 N–H and O–H groups in total. The van der Waals surface area contributed by atoms with E-state index in [2.05, 4.69) is 19.2 Å². The average molecular weight is 271 g/mol. The van der Waals surface area contributed by atoms with E-state index in [0.717, 1.165) is 65.3 Å². The van der Waals surface area contributed by atoms with Crippen LogP contribution >= 0.6 is 0 Å². The van der Waals surface area contributed by atoms with Gasteiger partial charge in [-0.25, -0.2) is 0 Å². The van der Waals surface area contributed by atoms with Crippen LogP contribution in [-0.4, -0.2) is 51.2 Å². The molecule has 0 aromatic heterocycles. The summed E-state index contributed by atoms with van der Waals surface area (Å²) >= 11 is 0. The zero-order valence-corrected chi connectivity index (χ0v) is 12.5. The van der Waals surface area contributed by atoms with Crippen molar-refractivity contribution in [3.63, 3.8) is 0 Å². The molecule has 0 aromatic carbocycles. The fourth-order valence-electron chi connectivity index (χ4n) is 3.45. The van der Waals surface area contributed by atoms with E-state index >= 15 is 0 Å². The average Bonchev–Trinajstić information content (AvgIpc) is 2.94. The second kappa shape index (κ2) is 7.58. The van der Waals surface area contributed by atoms with Crippen molar-refractivity contribution in [2.45, 2.75) is 51.2 Å². The molecule has 19 heavy (non-hydrogen) atoms. The first-order valence-corrected chi connectivity index (χ1v) is 7.85. The Labute approximate surface area is 117 Å². The summed E-state index contributed by atoms with van der Waals surface area (Å²) in [5.74, 6) is 0.580. The molecule has 2 unspecified atom stereocenters. The van der Waals surface area contributed by atoms with Crippen LogP contribution in [0.5, 0.6) is 0 Å². The van der Waals surface area contributed by atoms with Crippen molar-refractivity contribution in [1.82, 2.24) is 5.32 Å². The van der Waals surface area contributed by atoms with E-state index in [4.69, 9.17) is 14.2 Å². The maximum atomic E-state index is 6.24. The maximum absolute atomic E-state index is 6.24. The van der Waals surface area contributed by atoms with Crippen LogP contribution in [0.15, 0.2) is 0 Å². The molecule has 2 aliphatic rings. The third-order valence-corrected chi connectivity index (χ3v) is 4.39. The highest BCUT2D eigenvalue weighted by molar-refractivity contribution is 4.99. The molecule has 0 radical (unpaired) electrons. The molecule has 0 spiro atoms. The molecule has 2 rings (SSSR count). The van der Waals surface area contributed by atoms with Crippen LogP contribution in [0.25, 0.3) is 0 Å². The van der Waals surface area contributed by atoms with Crippen molar-refractivity contribution in [1.29, 1.82) is 0 Å². The van der Waals surface area contributed by atoms with Gasteiger partial charge in [0.15, 0.2) is 0 Å². The largest absolute Gasteiger partial charge is 0.381 e. The molecule has 2 aliphatic heterocycles. The Balaban J connectivity index is 2.10. The van der Waals surface area contributed by atoms with Gasteiger partial charge >= 0.3 is 0 Å². The third-order valence-electron chi connectivity index (χ3n) is 4.39. The molecular formula is C15H29NO3. The SMILES string of the molecule is CCCNC(C1CCOC1)C1(OCC)CCOCC1. The van der Waals surface area contributed by atoms with Gasteiger partial charge in [-0.05, 0) is 26.3 Å². The van der Waals surface area contributed by atoms with Crippen LogP contribution in [0.2, 0.25) is 0 Å². The van der Waals surface area contributed by atoms with Crippen LogP contribution in [0.1, 0.15) is 39.5 Å². The minimum Gasteiger partial charge on any atom is -0.381 e. The number of hydrogen-bond acceptors (Lipinski definition) is 4. The first-order chi connectivity index (χ1) is 9.32. The normalized spacial score (nSPS) is 28.4. The minimum atomic E-state index is -0.0550. The number of ether oxygens (including phenoxy) is 3. The lowest BCUT2D eigenvalue weighted by atomic mass is 9.78. The standard InChI is InChI=1S/C15H29NO3/c1-3-8-16-14(13-5-9-18-12-13)15(19-4-2)6-10-17-11-7-15/h13-14,16H,3-12H2,1-2H3. The summed E-state index contributed by atoms with van der Waals surface area (Å²) in [6.45, 7) is 9.54. The molecule has 4 nitrogen and oxygen atoms in total. The summed E-state index contributed by atoms with van der Waals surface area (Å²) in [7, 11) is 0. The Morgan fingerprint density at radius 2 is 2.00 bits per heavy atom. The van der Waals surface area contributed by atoms with Crippen LogP contribution in [-0.2, 0) is 14.2 Å². The number of hydrogen-bond donors (Lipinski definition) is 1. The molecular weight excluding hydrogens is 242 g/mol. The van der Waals surface area contributed by atoms with E-state index in [1.807, 2.05) is 0 Å². The van der Waals surface area contributed by atoms with Crippen molar-refractivity contribution in [3.05, 3.63) is 0 Å². The molecule has 2 fully saturated rings. The highest BCUT2D eigenvalue weighted by Crippen LogP contribution is 2.35. The summed E-state index contributed by atoms with van der Waals surface area (Å²) in [6.07, 6.45) is 4.30. The molecule has 0 amide bonds. The third kappa shape index (κ3) is 3.69. The first kappa shape index (κ1) is 15.2. The topological polar surface area (TPSA) is 39.7 Å². The molecule has 0 aromatic rings. The van der Waals surface area contributed by atoms with Crippen LogP contribution in [0.3, 0.4) is 0 Å². The molecule has 0 saturated carbocycles. The van der Waals surface area contributed by atoms with Gasteiger partial charge in [-0.3, -0.25) is 0 Å². The predicted molar refractivity (Wildman–Crippen MR) is 75.4 cm³/mol. The Kier molecular flexibility index (Phi) is 6.07. The van der Waals surface area contributed by atoms with Crippen molar-refractivity contribution >= 4 is 0 Å². The summed E-state index contributed by atoms with van der Waals surface area (Å²) in [5.41, 5.74) is -0.0550. The molecule has 2 saturated heterocycles. The second-order valence-electron chi connectivity index (χ2n) is 5.67. The monoisotopic (exact) mass is 271 g/mol. The van der Waals surface area contributed by atoms with Gasteiger partial charge in [0.25, 0.3) is 0 Å². The van der Waals surface area contributed by atoms with Gasteiger partial charge < -0.3 is 19.5 Å². The maximum Gasteiger partial charge on any atom is 0.0881 e. The summed E-state index contributed by atoms with van der Waals surface area (Å²) in [5, 5.41) is 3.75. The van der Waals surface area contributed by atoms with Gasteiger partial charge in [0, 0.05) is 51.2 Å². The molecule has 2 atom stereocenters. The highest BCUT2D eigenvalue weighted by atomic mass is 16.5. The minimum absolute atomic E-state index is 0.0550. The number of nitrogens with one attached hydrogen (secondary N) is 1. The first-order valence-electron chi connectivity index (χ1n) is 7.85. The molecule has 0 bridgehead atoms. The molecule has 2 heterocycles. The van der Waals surface area contributed by atoms with E-state index in [1.165, 1.54) is 0 Å². The smallest absolute Gasteiger partial charge is 0.0881 e. The van der Waals surface area contributed by atoms with Crippen LogP contribution in [0, 0.1) is 5.92 Å². The lowest BCUT2D eigenvalue weighted by Gasteiger charge is -2.45. The lowest BCUT2D eigenvalue weighted by molar-refractivity contribution is -0.136. The van der Waals surface area contributed by atoms with Crippen molar-refractivity contribution < 1.29 is 14.2 Å². The molecule has 112 valence electrons. The van der Waals surface area contributed by atoms with E-state index < -0.39 is 0 Å². The van der Waals surface area contributed by atoms with Gasteiger partial charge in [-0.2, -0.15) is 0 Å². The lowest BCUT2D eigenvalue weighted by Crippen LogP contribution is -2.59. The predicted octanol–water partition coefficient (Wildman–Crippen LogP) is 1.98. The van der Waals surface area contributed by atoms with E-state index in [0.29, 0.717) is 12.0 Å².